The minimum atomic E-state index is -0.383. The molecule has 5 heteroatoms. The quantitative estimate of drug-likeness (QED) is 0.376. The Labute approximate surface area is 131 Å². The van der Waals surface area contributed by atoms with Crippen molar-refractivity contribution in [3.8, 4) is 5.75 Å². The Morgan fingerprint density at radius 1 is 1.29 bits per heavy atom. The van der Waals surface area contributed by atoms with E-state index in [4.69, 9.17) is 4.74 Å². The van der Waals surface area contributed by atoms with Crippen LogP contribution in [0.25, 0.3) is 0 Å². The third-order valence-corrected chi connectivity index (χ3v) is 5.09. The highest BCUT2D eigenvalue weighted by molar-refractivity contribution is 7.80. The molecule has 0 aliphatic heterocycles. The SMILES string of the molecule is Cc1ccc([N+](=O)[O-])cc1OCC1(CS)CCCCCC1. The van der Waals surface area contributed by atoms with Crippen molar-refractivity contribution < 1.29 is 9.66 Å². The third-order valence-electron chi connectivity index (χ3n) is 4.42. The molecule has 0 amide bonds. The molecular formula is C16H23NO3S. The van der Waals surface area contributed by atoms with Crippen molar-refractivity contribution in [1.29, 1.82) is 0 Å². The van der Waals surface area contributed by atoms with Crippen LogP contribution in [-0.2, 0) is 0 Å². The van der Waals surface area contributed by atoms with Gasteiger partial charge in [0.2, 0.25) is 0 Å². The van der Waals surface area contributed by atoms with Gasteiger partial charge in [-0.25, -0.2) is 0 Å². The molecule has 0 atom stereocenters. The number of thiol groups is 1. The summed E-state index contributed by atoms with van der Waals surface area (Å²) in [5.41, 5.74) is 1.12. The number of non-ortho nitro benzene ring substituents is 1. The molecular weight excluding hydrogens is 286 g/mol. The molecule has 1 aromatic carbocycles. The zero-order valence-electron chi connectivity index (χ0n) is 12.5. The third kappa shape index (κ3) is 4.13. The van der Waals surface area contributed by atoms with Crippen molar-refractivity contribution in [1.82, 2.24) is 0 Å². The molecule has 1 aliphatic carbocycles. The molecule has 21 heavy (non-hydrogen) atoms. The van der Waals surface area contributed by atoms with E-state index in [0.717, 1.165) is 24.2 Å². The summed E-state index contributed by atoms with van der Waals surface area (Å²) in [5.74, 6) is 1.43. The van der Waals surface area contributed by atoms with E-state index in [-0.39, 0.29) is 16.0 Å². The minimum absolute atomic E-state index is 0.0800. The van der Waals surface area contributed by atoms with Gasteiger partial charge in [0.15, 0.2) is 0 Å². The van der Waals surface area contributed by atoms with E-state index in [1.54, 1.807) is 6.07 Å². The van der Waals surface area contributed by atoms with Crippen LogP contribution in [0.4, 0.5) is 5.69 Å². The normalized spacial score (nSPS) is 18.0. The molecule has 0 spiro atoms. The highest BCUT2D eigenvalue weighted by atomic mass is 32.1. The molecule has 4 nitrogen and oxygen atoms in total. The topological polar surface area (TPSA) is 52.4 Å². The molecule has 116 valence electrons. The molecule has 0 radical (unpaired) electrons. The van der Waals surface area contributed by atoms with Crippen LogP contribution in [0.3, 0.4) is 0 Å². The van der Waals surface area contributed by atoms with Crippen LogP contribution in [0.5, 0.6) is 5.75 Å². The molecule has 0 heterocycles. The maximum absolute atomic E-state index is 10.9. The van der Waals surface area contributed by atoms with Crippen LogP contribution in [0.2, 0.25) is 0 Å². The Morgan fingerprint density at radius 2 is 1.95 bits per heavy atom. The molecule has 0 unspecified atom stereocenters. The van der Waals surface area contributed by atoms with Crippen molar-refractivity contribution in [2.45, 2.75) is 45.4 Å². The van der Waals surface area contributed by atoms with E-state index in [9.17, 15) is 10.1 Å². The van der Waals surface area contributed by atoms with Gasteiger partial charge < -0.3 is 4.74 Å². The first-order chi connectivity index (χ1) is 10.1. The molecule has 1 fully saturated rings. The summed E-state index contributed by atoms with van der Waals surface area (Å²) in [5, 5.41) is 10.9. The van der Waals surface area contributed by atoms with Crippen LogP contribution in [0, 0.1) is 22.5 Å². The van der Waals surface area contributed by atoms with E-state index >= 15 is 0 Å². The van der Waals surface area contributed by atoms with Crippen molar-refractivity contribution in [2.24, 2.45) is 5.41 Å². The van der Waals surface area contributed by atoms with Crippen LogP contribution in [0.1, 0.15) is 44.1 Å². The van der Waals surface area contributed by atoms with Crippen molar-refractivity contribution >= 4 is 18.3 Å². The fourth-order valence-electron chi connectivity index (χ4n) is 2.92. The summed E-state index contributed by atoms with van der Waals surface area (Å²) in [6, 6.07) is 4.79. The van der Waals surface area contributed by atoms with E-state index in [1.165, 1.54) is 37.8 Å². The Kier molecular flexibility index (Phi) is 5.51. The highest BCUT2D eigenvalue weighted by Crippen LogP contribution is 2.37. The van der Waals surface area contributed by atoms with Gasteiger partial charge in [-0.15, -0.1) is 0 Å². The van der Waals surface area contributed by atoms with E-state index in [1.807, 2.05) is 6.92 Å². The van der Waals surface area contributed by atoms with Crippen LogP contribution in [-0.4, -0.2) is 17.3 Å². The highest BCUT2D eigenvalue weighted by Gasteiger charge is 2.30. The lowest BCUT2D eigenvalue weighted by Crippen LogP contribution is -2.30. The zero-order chi connectivity index (χ0) is 15.3. The van der Waals surface area contributed by atoms with Gasteiger partial charge >= 0.3 is 0 Å². The number of nitro benzene ring substituents is 1. The average molecular weight is 309 g/mol. The van der Waals surface area contributed by atoms with E-state index < -0.39 is 0 Å². The van der Waals surface area contributed by atoms with Gasteiger partial charge in [0.05, 0.1) is 17.6 Å². The zero-order valence-corrected chi connectivity index (χ0v) is 13.4. The van der Waals surface area contributed by atoms with Crippen molar-refractivity contribution in [2.75, 3.05) is 12.4 Å². The van der Waals surface area contributed by atoms with Gasteiger partial charge in [-0.3, -0.25) is 10.1 Å². The fourth-order valence-corrected chi connectivity index (χ4v) is 3.32. The van der Waals surface area contributed by atoms with E-state index in [0.29, 0.717) is 12.4 Å². The second kappa shape index (κ2) is 7.16. The number of nitrogens with zero attached hydrogens (tertiary/aromatic N) is 1. The summed E-state index contributed by atoms with van der Waals surface area (Å²) in [7, 11) is 0. The summed E-state index contributed by atoms with van der Waals surface area (Å²) in [6.45, 7) is 2.51. The largest absolute Gasteiger partial charge is 0.492 e. The molecule has 0 bridgehead atoms. The van der Waals surface area contributed by atoms with Gasteiger partial charge in [0, 0.05) is 11.5 Å². The van der Waals surface area contributed by atoms with Crippen LogP contribution in [0.15, 0.2) is 18.2 Å². The Balaban J connectivity index is 2.10. The number of hydrogen-bond acceptors (Lipinski definition) is 4. The molecule has 0 saturated heterocycles. The molecule has 1 saturated carbocycles. The smallest absolute Gasteiger partial charge is 0.273 e. The van der Waals surface area contributed by atoms with Gasteiger partial charge in [-0.05, 0) is 37.1 Å². The summed E-state index contributed by atoms with van der Waals surface area (Å²) in [4.78, 5) is 10.5. The maximum Gasteiger partial charge on any atom is 0.273 e. The van der Waals surface area contributed by atoms with Gasteiger partial charge in [-0.1, -0.05) is 25.7 Å². The second-order valence-corrected chi connectivity index (χ2v) is 6.38. The summed E-state index contributed by atoms with van der Waals surface area (Å²) >= 11 is 4.53. The maximum atomic E-state index is 10.9. The molecule has 1 aromatic rings. The monoisotopic (exact) mass is 309 g/mol. The molecule has 2 rings (SSSR count). The Hall–Kier alpha value is -1.23. The first-order valence-electron chi connectivity index (χ1n) is 7.55. The summed E-state index contributed by atoms with van der Waals surface area (Å²) in [6.07, 6.45) is 7.27. The van der Waals surface area contributed by atoms with Gasteiger partial charge in [0.1, 0.15) is 5.75 Å². The number of rotatable bonds is 5. The van der Waals surface area contributed by atoms with Crippen LogP contribution >= 0.6 is 12.6 Å². The minimum Gasteiger partial charge on any atom is -0.492 e. The predicted molar refractivity (Wildman–Crippen MR) is 87.3 cm³/mol. The molecule has 0 N–H and O–H groups in total. The number of ether oxygens (including phenoxy) is 1. The predicted octanol–water partition coefficient (Wildman–Crippen LogP) is 4.55. The average Bonchev–Trinajstić information content (AvgIpc) is 2.72. The first kappa shape index (κ1) is 16.1. The number of aryl methyl sites for hydroxylation is 1. The van der Waals surface area contributed by atoms with Crippen molar-refractivity contribution in [3.05, 3.63) is 33.9 Å². The van der Waals surface area contributed by atoms with Gasteiger partial charge in [-0.2, -0.15) is 12.6 Å². The standard InChI is InChI=1S/C16H23NO3S/c1-13-6-7-14(17(18)19)10-15(13)20-11-16(12-21)8-4-2-3-5-9-16/h6-7,10,21H,2-5,8-9,11-12H2,1H3. The Bertz CT molecular complexity index is 496. The van der Waals surface area contributed by atoms with E-state index in [2.05, 4.69) is 12.6 Å². The molecule has 1 aliphatic rings. The molecule has 0 aromatic heterocycles. The van der Waals surface area contributed by atoms with Crippen LogP contribution < -0.4 is 4.74 Å². The fraction of sp³-hybridized carbons (Fsp3) is 0.625. The Morgan fingerprint density at radius 3 is 2.52 bits per heavy atom. The number of benzene rings is 1. The lowest BCUT2D eigenvalue weighted by Gasteiger charge is -2.31. The second-order valence-electron chi connectivity index (χ2n) is 6.07. The summed E-state index contributed by atoms with van der Waals surface area (Å²) < 4.78 is 5.96. The lowest BCUT2D eigenvalue weighted by molar-refractivity contribution is -0.385. The van der Waals surface area contributed by atoms with Gasteiger partial charge in [0.25, 0.3) is 5.69 Å². The lowest BCUT2D eigenvalue weighted by atomic mass is 9.83. The number of nitro groups is 1. The first-order valence-corrected chi connectivity index (χ1v) is 8.18. The van der Waals surface area contributed by atoms with Crippen molar-refractivity contribution in [3.63, 3.8) is 0 Å². The number of hydrogen-bond donors (Lipinski definition) is 1.